The largest absolute Gasteiger partial charge is 0.310 e. The highest BCUT2D eigenvalue weighted by Gasteiger charge is 2.00. The molecular weight excluding hydrogens is 222 g/mol. The van der Waals surface area contributed by atoms with Crippen LogP contribution in [0.3, 0.4) is 0 Å². The van der Waals surface area contributed by atoms with E-state index in [0.29, 0.717) is 6.04 Å². The molecule has 1 aromatic heterocycles. The molecule has 0 amide bonds. The SMILES string of the molecule is CCCC(C)NCc1ccc(-n2cccn2)cc1. The fourth-order valence-electron chi connectivity index (χ4n) is 2.02. The quantitative estimate of drug-likeness (QED) is 0.844. The van der Waals surface area contributed by atoms with E-state index in [9.17, 15) is 0 Å². The van der Waals surface area contributed by atoms with Gasteiger partial charge in [0.1, 0.15) is 0 Å². The van der Waals surface area contributed by atoms with Gasteiger partial charge in [-0.25, -0.2) is 4.68 Å². The Morgan fingerprint density at radius 2 is 2.06 bits per heavy atom. The van der Waals surface area contributed by atoms with Crippen molar-refractivity contribution < 1.29 is 0 Å². The van der Waals surface area contributed by atoms with Gasteiger partial charge in [-0.05, 0) is 37.1 Å². The first-order valence-corrected chi connectivity index (χ1v) is 6.62. The molecule has 2 rings (SSSR count). The van der Waals surface area contributed by atoms with Crippen LogP contribution in [0.2, 0.25) is 0 Å². The molecule has 1 heterocycles. The molecule has 0 spiro atoms. The summed E-state index contributed by atoms with van der Waals surface area (Å²) in [5, 5.41) is 7.75. The van der Waals surface area contributed by atoms with Crippen molar-refractivity contribution in [2.75, 3.05) is 0 Å². The fourth-order valence-corrected chi connectivity index (χ4v) is 2.02. The van der Waals surface area contributed by atoms with Crippen molar-refractivity contribution in [3.8, 4) is 5.69 Å². The number of hydrogen-bond donors (Lipinski definition) is 1. The normalized spacial score (nSPS) is 12.6. The third-order valence-electron chi connectivity index (χ3n) is 3.08. The van der Waals surface area contributed by atoms with Crippen molar-refractivity contribution in [3.05, 3.63) is 48.3 Å². The Kier molecular flexibility index (Phi) is 4.53. The van der Waals surface area contributed by atoms with Crippen LogP contribution in [0.4, 0.5) is 0 Å². The smallest absolute Gasteiger partial charge is 0.0645 e. The van der Waals surface area contributed by atoms with Crippen molar-refractivity contribution in [1.82, 2.24) is 15.1 Å². The summed E-state index contributed by atoms with van der Waals surface area (Å²) in [7, 11) is 0. The van der Waals surface area contributed by atoms with Crippen LogP contribution in [0.25, 0.3) is 5.69 Å². The summed E-state index contributed by atoms with van der Waals surface area (Å²) in [6, 6.07) is 11.0. The van der Waals surface area contributed by atoms with Crippen molar-refractivity contribution in [2.24, 2.45) is 0 Å². The first kappa shape index (κ1) is 12.8. The van der Waals surface area contributed by atoms with Gasteiger partial charge in [0.25, 0.3) is 0 Å². The minimum absolute atomic E-state index is 0.584. The second-order valence-corrected chi connectivity index (χ2v) is 4.69. The van der Waals surface area contributed by atoms with Gasteiger partial charge in [0.05, 0.1) is 5.69 Å². The zero-order chi connectivity index (χ0) is 12.8. The molecule has 0 bridgehead atoms. The first-order valence-electron chi connectivity index (χ1n) is 6.62. The van der Waals surface area contributed by atoms with E-state index >= 15 is 0 Å². The van der Waals surface area contributed by atoms with Crippen LogP contribution >= 0.6 is 0 Å². The summed E-state index contributed by atoms with van der Waals surface area (Å²) in [6.45, 7) is 5.39. The van der Waals surface area contributed by atoms with E-state index < -0.39 is 0 Å². The van der Waals surface area contributed by atoms with Crippen LogP contribution in [0.15, 0.2) is 42.7 Å². The Balaban J connectivity index is 1.92. The molecule has 0 aliphatic rings. The Bertz CT molecular complexity index is 445. The zero-order valence-electron chi connectivity index (χ0n) is 11.1. The average Bonchev–Trinajstić information content (AvgIpc) is 2.91. The second-order valence-electron chi connectivity index (χ2n) is 4.69. The molecule has 0 saturated carbocycles. The maximum atomic E-state index is 4.22. The van der Waals surface area contributed by atoms with Gasteiger partial charge in [0.2, 0.25) is 0 Å². The molecule has 96 valence electrons. The molecule has 1 aromatic carbocycles. The summed E-state index contributed by atoms with van der Waals surface area (Å²) in [5.41, 5.74) is 2.42. The molecule has 18 heavy (non-hydrogen) atoms. The topological polar surface area (TPSA) is 29.9 Å². The molecule has 0 saturated heterocycles. The monoisotopic (exact) mass is 243 g/mol. The van der Waals surface area contributed by atoms with Crippen LogP contribution in [-0.2, 0) is 6.54 Å². The Hall–Kier alpha value is -1.61. The number of rotatable bonds is 6. The summed E-state index contributed by atoms with van der Waals surface area (Å²) in [4.78, 5) is 0. The molecule has 3 heteroatoms. The zero-order valence-corrected chi connectivity index (χ0v) is 11.1. The third kappa shape index (κ3) is 3.44. The van der Waals surface area contributed by atoms with E-state index in [0.717, 1.165) is 12.2 Å². The van der Waals surface area contributed by atoms with E-state index in [1.54, 1.807) is 6.20 Å². The van der Waals surface area contributed by atoms with E-state index in [1.807, 2.05) is 16.9 Å². The molecule has 0 aliphatic carbocycles. The molecule has 2 aromatic rings. The maximum Gasteiger partial charge on any atom is 0.0645 e. The minimum Gasteiger partial charge on any atom is -0.310 e. The molecule has 1 atom stereocenters. The van der Waals surface area contributed by atoms with Gasteiger partial charge in [-0.15, -0.1) is 0 Å². The maximum absolute atomic E-state index is 4.22. The van der Waals surface area contributed by atoms with E-state index in [4.69, 9.17) is 0 Å². The molecule has 1 unspecified atom stereocenters. The lowest BCUT2D eigenvalue weighted by atomic mass is 10.1. The van der Waals surface area contributed by atoms with Crippen molar-refractivity contribution in [2.45, 2.75) is 39.3 Å². The van der Waals surface area contributed by atoms with E-state index in [1.165, 1.54) is 18.4 Å². The molecule has 3 nitrogen and oxygen atoms in total. The van der Waals surface area contributed by atoms with Crippen LogP contribution in [-0.4, -0.2) is 15.8 Å². The lowest BCUT2D eigenvalue weighted by Crippen LogP contribution is -2.25. The highest BCUT2D eigenvalue weighted by Crippen LogP contribution is 2.09. The number of nitrogens with one attached hydrogen (secondary N) is 1. The standard InChI is InChI=1S/C15H21N3/c1-3-5-13(2)16-12-14-6-8-15(9-7-14)18-11-4-10-17-18/h4,6-11,13,16H,3,5,12H2,1-2H3. The lowest BCUT2D eigenvalue weighted by Gasteiger charge is -2.12. The van der Waals surface area contributed by atoms with Gasteiger partial charge < -0.3 is 5.32 Å². The summed E-state index contributed by atoms with van der Waals surface area (Å²) >= 11 is 0. The van der Waals surface area contributed by atoms with Crippen LogP contribution in [0, 0.1) is 0 Å². The van der Waals surface area contributed by atoms with Crippen molar-refractivity contribution in [3.63, 3.8) is 0 Å². The van der Waals surface area contributed by atoms with Crippen LogP contribution < -0.4 is 5.32 Å². The van der Waals surface area contributed by atoms with Gasteiger partial charge in [-0.2, -0.15) is 5.10 Å². The predicted octanol–water partition coefficient (Wildman–Crippen LogP) is 3.15. The summed E-state index contributed by atoms with van der Waals surface area (Å²) in [6.07, 6.45) is 6.20. The lowest BCUT2D eigenvalue weighted by molar-refractivity contribution is 0.508. The van der Waals surface area contributed by atoms with Crippen molar-refractivity contribution >= 4 is 0 Å². The van der Waals surface area contributed by atoms with Gasteiger partial charge in [0, 0.05) is 25.0 Å². The van der Waals surface area contributed by atoms with Crippen LogP contribution in [0.1, 0.15) is 32.3 Å². The molecular formula is C15H21N3. The first-order chi connectivity index (χ1) is 8.79. The second kappa shape index (κ2) is 6.36. The molecule has 0 aliphatic heterocycles. The molecule has 0 fully saturated rings. The fraction of sp³-hybridized carbons (Fsp3) is 0.400. The highest BCUT2D eigenvalue weighted by atomic mass is 15.3. The third-order valence-corrected chi connectivity index (χ3v) is 3.08. The average molecular weight is 243 g/mol. The Morgan fingerprint density at radius 1 is 1.28 bits per heavy atom. The number of aromatic nitrogens is 2. The van der Waals surface area contributed by atoms with Crippen molar-refractivity contribution in [1.29, 1.82) is 0 Å². The van der Waals surface area contributed by atoms with Crippen LogP contribution in [0.5, 0.6) is 0 Å². The number of hydrogen-bond acceptors (Lipinski definition) is 2. The highest BCUT2D eigenvalue weighted by molar-refractivity contribution is 5.33. The minimum atomic E-state index is 0.584. The Morgan fingerprint density at radius 3 is 2.67 bits per heavy atom. The number of benzene rings is 1. The van der Waals surface area contributed by atoms with Gasteiger partial charge >= 0.3 is 0 Å². The van der Waals surface area contributed by atoms with Gasteiger partial charge in [0.15, 0.2) is 0 Å². The van der Waals surface area contributed by atoms with E-state index in [-0.39, 0.29) is 0 Å². The Labute approximate surface area is 109 Å². The molecule has 1 N–H and O–H groups in total. The molecule has 0 radical (unpaired) electrons. The van der Waals surface area contributed by atoms with Gasteiger partial charge in [-0.1, -0.05) is 25.5 Å². The summed E-state index contributed by atoms with van der Waals surface area (Å²) in [5.74, 6) is 0. The van der Waals surface area contributed by atoms with E-state index in [2.05, 4.69) is 48.5 Å². The number of nitrogens with zero attached hydrogens (tertiary/aromatic N) is 2. The van der Waals surface area contributed by atoms with Gasteiger partial charge in [-0.3, -0.25) is 0 Å². The predicted molar refractivity (Wildman–Crippen MR) is 74.8 cm³/mol. The summed E-state index contributed by atoms with van der Waals surface area (Å²) < 4.78 is 1.87.